The summed E-state index contributed by atoms with van der Waals surface area (Å²) in [4.78, 5) is 12.0. The van der Waals surface area contributed by atoms with Gasteiger partial charge in [0.1, 0.15) is 24.4 Å². The van der Waals surface area contributed by atoms with Crippen LogP contribution < -0.4 is 5.32 Å². The van der Waals surface area contributed by atoms with Crippen LogP contribution in [0.3, 0.4) is 0 Å². The molecule has 1 amide bonds. The van der Waals surface area contributed by atoms with Crippen LogP contribution in [0.1, 0.15) is 123 Å². The summed E-state index contributed by atoms with van der Waals surface area (Å²) < 4.78 is 10.9. The Morgan fingerprint density at radius 2 is 1.29 bits per heavy atom. The molecule has 1 saturated heterocycles. The molecule has 0 spiro atoms. The molecular formula is C29H57NO8. The zero-order valence-electron chi connectivity index (χ0n) is 23.9. The molecular weight excluding hydrogens is 490 g/mol. The zero-order chi connectivity index (χ0) is 28.2. The number of carbonyl (C=O) groups excluding carboxylic acids is 1. The Labute approximate surface area is 230 Å². The van der Waals surface area contributed by atoms with Crippen LogP contribution in [-0.2, 0) is 14.3 Å². The Kier molecular flexibility index (Phi) is 20.3. The van der Waals surface area contributed by atoms with E-state index in [1.807, 2.05) is 0 Å². The van der Waals surface area contributed by atoms with Crippen LogP contribution in [0.15, 0.2) is 0 Å². The molecule has 1 heterocycles. The summed E-state index contributed by atoms with van der Waals surface area (Å²) in [5, 5.41) is 52.8. The summed E-state index contributed by atoms with van der Waals surface area (Å²) in [5.41, 5.74) is 0. The number of rotatable bonds is 23. The van der Waals surface area contributed by atoms with Crippen LogP contribution in [-0.4, -0.2) is 87.5 Å². The Bertz CT molecular complexity index is 579. The van der Waals surface area contributed by atoms with E-state index in [1.165, 1.54) is 77.0 Å². The highest BCUT2D eigenvalue weighted by atomic mass is 16.7. The van der Waals surface area contributed by atoms with Crippen LogP contribution >= 0.6 is 0 Å². The van der Waals surface area contributed by atoms with Crippen molar-refractivity contribution in [3.05, 3.63) is 0 Å². The summed E-state index contributed by atoms with van der Waals surface area (Å²) >= 11 is 0. The van der Waals surface area contributed by atoms with E-state index in [0.29, 0.717) is 6.42 Å². The second-order valence-electron chi connectivity index (χ2n) is 10.9. The molecule has 7 atom stereocenters. The van der Waals surface area contributed by atoms with E-state index in [4.69, 9.17) is 9.47 Å². The Morgan fingerprint density at radius 1 is 0.789 bits per heavy atom. The molecule has 226 valence electrons. The SMILES string of the molecule is CCCCCCCCCCCCCCCCCC(O)C(COC1OC(CO)C(O)C(O)C1O)NC(=O)CC. The lowest BCUT2D eigenvalue weighted by Crippen LogP contribution is -2.60. The summed E-state index contributed by atoms with van der Waals surface area (Å²) in [6.45, 7) is 3.27. The average Bonchev–Trinajstić information content (AvgIpc) is 2.92. The van der Waals surface area contributed by atoms with Gasteiger partial charge in [-0.25, -0.2) is 0 Å². The third kappa shape index (κ3) is 14.5. The number of ether oxygens (including phenoxy) is 2. The first-order valence-electron chi connectivity index (χ1n) is 15.2. The zero-order valence-corrected chi connectivity index (χ0v) is 23.9. The molecule has 0 bridgehead atoms. The van der Waals surface area contributed by atoms with Crippen LogP contribution in [0.5, 0.6) is 0 Å². The first-order chi connectivity index (χ1) is 18.3. The predicted molar refractivity (Wildman–Crippen MR) is 147 cm³/mol. The van der Waals surface area contributed by atoms with Crippen LogP contribution in [0, 0.1) is 0 Å². The second-order valence-corrected chi connectivity index (χ2v) is 10.9. The lowest BCUT2D eigenvalue weighted by molar-refractivity contribution is -0.302. The Morgan fingerprint density at radius 3 is 1.76 bits per heavy atom. The highest BCUT2D eigenvalue weighted by molar-refractivity contribution is 5.75. The monoisotopic (exact) mass is 547 g/mol. The molecule has 1 aliphatic rings. The van der Waals surface area contributed by atoms with Crippen LogP contribution in [0.2, 0.25) is 0 Å². The van der Waals surface area contributed by atoms with Gasteiger partial charge in [0.25, 0.3) is 0 Å². The van der Waals surface area contributed by atoms with Gasteiger partial charge in [0.05, 0.1) is 25.4 Å². The minimum Gasteiger partial charge on any atom is -0.394 e. The van der Waals surface area contributed by atoms with Gasteiger partial charge in [-0.05, 0) is 6.42 Å². The smallest absolute Gasteiger partial charge is 0.220 e. The highest BCUT2D eigenvalue weighted by Crippen LogP contribution is 2.22. The molecule has 0 saturated carbocycles. The van der Waals surface area contributed by atoms with E-state index in [0.717, 1.165) is 19.3 Å². The predicted octanol–water partition coefficient (Wildman–Crippen LogP) is 3.32. The Balaban J connectivity index is 2.23. The lowest BCUT2D eigenvalue weighted by Gasteiger charge is -2.40. The third-order valence-electron chi connectivity index (χ3n) is 7.52. The number of hydrogen-bond acceptors (Lipinski definition) is 8. The van der Waals surface area contributed by atoms with Crippen molar-refractivity contribution in [2.75, 3.05) is 13.2 Å². The number of aliphatic hydroxyl groups is 5. The van der Waals surface area contributed by atoms with E-state index in [1.54, 1.807) is 6.92 Å². The molecule has 9 nitrogen and oxygen atoms in total. The maximum atomic E-state index is 12.0. The average molecular weight is 548 g/mol. The summed E-state index contributed by atoms with van der Waals surface area (Å²) in [6, 6.07) is -0.707. The fraction of sp³-hybridized carbons (Fsp3) is 0.966. The van der Waals surface area contributed by atoms with Gasteiger partial charge in [-0.1, -0.05) is 110 Å². The molecule has 6 N–H and O–H groups in total. The quantitative estimate of drug-likeness (QED) is 0.107. The maximum absolute atomic E-state index is 12.0. The molecule has 0 aliphatic carbocycles. The molecule has 9 heteroatoms. The summed E-state index contributed by atoms with van der Waals surface area (Å²) in [6.07, 6.45) is 11.9. The van der Waals surface area contributed by atoms with Gasteiger partial charge in [-0.3, -0.25) is 4.79 Å². The minimum absolute atomic E-state index is 0.145. The number of hydrogen-bond donors (Lipinski definition) is 6. The standard InChI is InChI=1S/C29H57NO8/c1-3-5-6-7-8-9-10-11-12-13-14-15-16-17-18-19-23(32)22(30-25(33)4-2)21-37-29-28(36)27(35)26(34)24(20-31)38-29/h22-24,26-29,31-32,34-36H,3-21H2,1-2H3,(H,30,33). The topological polar surface area (TPSA) is 149 Å². The Hall–Kier alpha value is -0.810. The number of nitrogens with one attached hydrogen (secondary N) is 1. The molecule has 0 aromatic heterocycles. The molecule has 1 rings (SSSR count). The van der Waals surface area contributed by atoms with Gasteiger partial charge < -0.3 is 40.3 Å². The molecule has 1 fully saturated rings. The van der Waals surface area contributed by atoms with Gasteiger partial charge >= 0.3 is 0 Å². The van der Waals surface area contributed by atoms with Crippen molar-refractivity contribution in [3.63, 3.8) is 0 Å². The van der Waals surface area contributed by atoms with E-state index in [9.17, 15) is 30.3 Å². The molecule has 0 radical (unpaired) electrons. The van der Waals surface area contributed by atoms with Crippen LogP contribution in [0.25, 0.3) is 0 Å². The van der Waals surface area contributed by atoms with Gasteiger partial charge in [-0.2, -0.15) is 0 Å². The van der Waals surface area contributed by atoms with Crippen molar-refractivity contribution in [2.45, 2.75) is 166 Å². The van der Waals surface area contributed by atoms with Crippen molar-refractivity contribution in [1.82, 2.24) is 5.32 Å². The first-order valence-corrected chi connectivity index (χ1v) is 15.2. The van der Waals surface area contributed by atoms with Gasteiger partial charge in [0.2, 0.25) is 5.91 Å². The van der Waals surface area contributed by atoms with Gasteiger partial charge in [-0.15, -0.1) is 0 Å². The van der Waals surface area contributed by atoms with Crippen molar-refractivity contribution in [1.29, 1.82) is 0 Å². The van der Waals surface area contributed by atoms with E-state index in [2.05, 4.69) is 12.2 Å². The highest BCUT2D eigenvalue weighted by Gasteiger charge is 2.44. The number of amides is 1. The van der Waals surface area contributed by atoms with Crippen molar-refractivity contribution in [2.24, 2.45) is 0 Å². The second kappa shape index (κ2) is 21.9. The molecule has 1 aliphatic heterocycles. The summed E-state index contributed by atoms with van der Waals surface area (Å²) in [7, 11) is 0. The third-order valence-corrected chi connectivity index (χ3v) is 7.52. The largest absolute Gasteiger partial charge is 0.394 e. The van der Waals surface area contributed by atoms with E-state index >= 15 is 0 Å². The summed E-state index contributed by atoms with van der Waals surface area (Å²) in [5.74, 6) is -0.233. The fourth-order valence-corrected chi connectivity index (χ4v) is 4.89. The van der Waals surface area contributed by atoms with Crippen molar-refractivity contribution < 1.29 is 39.8 Å². The van der Waals surface area contributed by atoms with Crippen molar-refractivity contribution in [3.8, 4) is 0 Å². The minimum atomic E-state index is -1.54. The fourth-order valence-electron chi connectivity index (χ4n) is 4.89. The van der Waals surface area contributed by atoms with E-state index in [-0.39, 0.29) is 18.9 Å². The molecule has 7 unspecified atom stereocenters. The van der Waals surface area contributed by atoms with Gasteiger partial charge in [0.15, 0.2) is 6.29 Å². The number of aliphatic hydroxyl groups excluding tert-OH is 5. The molecule has 0 aromatic rings. The van der Waals surface area contributed by atoms with Crippen molar-refractivity contribution >= 4 is 5.91 Å². The van der Waals surface area contributed by atoms with E-state index < -0.39 is 49.5 Å². The van der Waals surface area contributed by atoms with Crippen LogP contribution in [0.4, 0.5) is 0 Å². The maximum Gasteiger partial charge on any atom is 0.220 e. The molecule has 0 aromatic carbocycles. The number of unbranched alkanes of at least 4 members (excludes halogenated alkanes) is 14. The lowest BCUT2D eigenvalue weighted by atomic mass is 9.99. The van der Waals surface area contributed by atoms with Gasteiger partial charge in [0, 0.05) is 6.42 Å². The normalized spacial score (nSPS) is 25.3. The molecule has 38 heavy (non-hydrogen) atoms. The number of carbonyl (C=O) groups is 1. The first kappa shape index (κ1) is 35.2.